The molecule has 0 radical (unpaired) electrons. The lowest BCUT2D eigenvalue weighted by Crippen LogP contribution is -2.44. The van der Waals surface area contributed by atoms with Gasteiger partial charge in [-0.2, -0.15) is 0 Å². The first-order valence-electron chi connectivity index (χ1n) is 9.36. The molecule has 2 heterocycles. The maximum Gasteiger partial charge on any atom is 0.240 e. The molecule has 0 aromatic heterocycles. The maximum absolute atomic E-state index is 12.8. The molecule has 1 N–H and O–H groups in total. The molecule has 0 saturated carbocycles. The number of hydrogen-bond acceptors (Lipinski definition) is 6. The molecule has 0 unspecified atom stereocenters. The van der Waals surface area contributed by atoms with Crippen molar-refractivity contribution < 1.29 is 22.6 Å². The van der Waals surface area contributed by atoms with E-state index < -0.39 is 10.0 Å². The SMILES string of the molecule is COc1ccc(N2CCC(NS(=O)(=O)c3ccc4c(c3)OCCO4)CC2)cc1. The van der Waals surface area contributed by atoms with Gasteiger partial charge in [0.1, 0.15) is 19.0 Å². The van der Waals surface area contributed by atoms with E-state index in [-0.39, 0.29) is 10.9 Å². The molecule has 4 rings (SSSR count). The van der Waals surface area contributed by atoms with Crippen LogP contribution in [-0.4, -0.2) is 47.9 Å². The highest BCUT2D eigenvalue weighted by molar-refractivity contribution is 7.89. The predicted octanol–water partition coefficient (Wildman–Crippen LogP) is 2.41. The molecule has 2 aliphatic rings. The first kappa shape index (κ1) is 18.9. The molecule has 28 heavy (non-hydrogen) atoms. The van der Waals surface area contributed by atoms with Crippen molar-refractivity contribution in [2.45, 2.75) is 23.8 Å². The van der Waals surface area contributed by atoms with Crippen molar-refractivity contribution in [3.63, 3.8) is 0 Å². The first-order valence-corrected chi connectivity index (χ1v) is 10.8. The van der Waals surface area contributed by atoms with Crippen LogP contribution in [0.15, 0.2) is 47.4 Å². The molecular weight excluding hydrogens is 380 g/mol. The summed E-state index contributed by atoms with van der Waals surface area (Å²) in [5.41, 5.74) is 1.12. The fourth-order valence-corrected chi connectivity index (χ4v) is 4.85. The minimum absolute atomic E-state index is 0.0901. The normalized spacial score (nSPS) is 17.4. The van der Waals surface area contributed by atoms with Gasteiger partial charge in [0.15, 0.2) is 11.5 Å². The quantitative estimate of drug-likeness (QED) is 0.825. The summed E-state index contributed by atoms with van der Waals surface area (Å²) < 4.78 is 44.5. The van der Waals surface area contributed by atoms with Gasteiger partial charge in [0, 0.05) is 30.9 Å². The second-order valence-corrected chi connectivity index (χ2v) is 8.60. The minimum Gasteiger partial charge on any atom is -0.497 e. The molecule has 2 aliphatic heterocycles. The summed E-state index contributed by atoms with van der Waals surface area (Å²) in [4.78, 5) is 2.46. The zero-order chi connectivity index (χ0) is 19.6. The third kappa shape index (κ3) is 4.02. The predicted molar refractivity (Wildman–Crippen MR) is 106 cm³/mol. The van der Waals surface area contributed by atoms with E-state index in [1.807, 2.05) is 24.3 Å². The summed E-state index contributed by atoms with van der Waals surface area (Å²) in [6.07, 6.45) is 1.49. The smallest absolute Gasteiger partial charge is 0.240 e. The lowest BCUT2D eigenvalue weighted by atomic mass is 10.1. The fraction of sp³-hybridized carbons (Fsp3) is 0.400. The van der Waals surface area contributed by atoms with Crippen LogP contribution in [0.25, 0.3) is 0 Å². The number of methoxy groups -OCH3 is 1. The van der Waals surface area contributed by atoms with Crippen LogP contribution in [0.1, 0.15) is 12.8 Å². The van der Waals surface area contributed by atoms with Crippen LogP contribution in [0.4, 0.5) is 5.69 Å². The van der Waals surface area contributed by atoms with Gasteiger partial charge in [0.2, 0.25) is 10.0 Å². The number of ether oxygens (including phenoxy) is 3. The molecule has 0 bridgehead atoms. The van der Waals surface area contributed by atoms with Gasteiger partial charge in [0.05, 0.1) is 12.0 Å². The summed E-state index contributed by atoms with van der Waals surface area (Å²) in [6.45, 7) is 2.49. The van der Waals surface area contributed by atoms with Crippen LogP contribution in [0, 0.1) is 0 Å². The fourth-order valence-electron chi connectivity index (χ4n) is 3.53. The van der Waals surface area contributed by atoms with Crippen molar-refractivity contribution >= 4 is 15.7 Å². The van der Waals surface area contributed by atoms with Crippen molar-refractivity contribution in [3.05, 3.63) is 42.5 Å². The topological polar surface area (TPSA) is 77.1 Å². The first-order chi connectivity index (χ1) is 13.5. The van der Waals surface area contributed by atoms with Gasteiger partial charge in [-0.3, -0.25) is 0 Å². The molecule has 2 aromatic carbocycles. The molecule has 8 heteroatoms. The third-order valence-electron chi connectivity index (χ3n) is 5.08. The number of nitrogens with zero attached hydrogens (tertiary/aromatic N) is 1. The number of sulfonamides is 1. The van der Waals surface area contributed by atoms with Crippen LogP contribution < -0.4 is 23.8 Å². The van der Waals surface area contributed by atoms with Crippen LogP contribution >= 0.6 is 0 Å². The summed E-state index contributed by atoms with van der Waals surface area (Å²) in [7, 11) is -1.96. The van der Waals surface area contributed by atoms with E-state index in [4.69, 9.17) is 14.2 Å². The van der Waals surface area contributed by atoms with Gasteiger partial charge in [-0.15, -0.1) is 0 Å². The van der Waals surface area contributed by atoms with Crippen molar-refractivity contribution in [2.75, 3.05) is 38.3 Å². The zero-order valence-electron chi connectivity index (χ0n) is 15.8. The average molecular weight is 404 g/mol. The average Bonchev–Trinajstić information content (AvgIpc) is 2.74. The Morgan fingerprint density at radius 2 is 1.68 bits per heavy atom. The van der Waals surface area contributed by atoms with Crippen LogP contribution in [0.2, 0.25) is 0 Å². The standard InChI is InChI=1S/C20H24N2O5S/c1-25-17-4-2-16(3-5-17)22-10-8-15(9-11-22)21-28(23,24)18-6-7-19-20(14-18)27-13-12-26-19/h2-7,14-15,21H,8-13H2,1H3. The van der Waals surface area contributed by atoms with Gasteiger partial charge in [-0.1, -0.05) is 0 Å². The summed E-state index contributed by atoms with van der Waals surface area (Å²) in [5, 5.41) is 0. The van der Waals surface area contributed by atoms with E-state index in [9.17, 15) is 8.42 Å². The minimum atomic E-state index is -3.61. The second-order valence-electron chi connectivity index (χ2n) is 6.89. The lowest BCUT2D eigenvalue weighted by molar-refractivity contribution is 0.171. The number of anilines is 1. The molecule has 0 atom stereocenters. The largest absolute Gasteiger partial charge is 0.497 e. The summed E-state index contributed by atoms with van der Waals surface area (Å²) >= 11 is 0. The highest BCUT2D eigenvalue weighted by atomic mass is 32.2. The van der Waals surface area contributed by atoms with Crippen molar-refractivity contribution in [3.8, 4) is 17.2 Å². The number of hydrogen-bond donors (Lipinski definition) is 1. The molecule has 1 fully saturated rings. The number of benzene rings is 2. The van der Waals surface area contributed by atoms with Crippen LogP contribution in [-0.2, 0) is 10.0 Å². The van der Waals surface area contributed by atoms with E-state index in [0.717, 1.165) is 37.4 Å². The maximum atomic E-state index is 12.8. The molecule has 150 valence electrons. The molecule has 0 aliphatic carbocycles. The number of piperidine rings is 1. The Bertz CT molecular complexity index is 922. The highest BCUT2D eigenvalue weighted by Gasteiger charge is 2.26. The van der Waals surface area contributed by atoms with Crippen LogP contribution in [0.5, 0.6) is 17.2 Å². The molecular formula is C20H24N2O5S. The van der Waals surface area contributed by atoms with Crippen molar-refractivity contribution in [1.82, 2.24) is 4.72 Å². The molecule has 0 amide bonds. The van der Waals surface area contributed by atoms with Crippen LogP contribution in [0.3, 0.4) is 0 Å². The number of nitrogens with one attached hydrogen (secondary N) is 1. The van der Waals surface area contributed by atoms with E-state index in [1.165, 1.54) is 6.07 Å². The monoisotopic (exact) mass is 404 g/mol. The highest BCUT2D eigenvalue weighted by Crippen LogP contribution is 2.32. The Morgan fingerprint density at radius 1 is 1.00 bits per heavy atom. The van der Waals surface area contributed by atoms with E-state index in [2.05, 4.69) is 9.62 Å². The Hall–Kier alpha value is -2.45. The molecule has 1 saturated heterocycles. The number of fused-ring (bicyclic) bond motifs is 1. The molecule has 2 aromatic rings. The van der Waals surface area contributed by atoms with Gasteiger partial charge >= 0.3 is 0 Å². The van der Waals surface area contributed by atoms with Gasteiger partial charge in [-0.25, -0.2) is 13.1 Å². The van der Waals surface area contributed by atoms with E-state index in [1.54, 1.807) is 19.2 Å². The van der Waals surface area contributed by atoms with Gasteiger partial charge < -0.3 is 19.1 Å². The molecule has 7 nitrogen and oxygen atoms in total. The lowest BCUT2D eigenvalue weighted by Gasteiger charge is -2.34. The Morgan fingerprint density at radius 3 is 2.36 bits per heavy atom. The van der Waals surface area contributed by atoms with E-state index in [0.29, 0.717) is 24.7 Å². The van der Waals surface area contributed by atoms with E-state index >= 15 is 0 Å². The Kier molecular flexibility index (Phi) is 5.32. The van der Waals surface area contributed by atoms with Gasteiger partial charge in [0.25, 0.3) is 0 Å². The third-order valence-corrected chi connectivity index (χ3v) is 6.60. The summed E-state index contributed by atoms with van der Waals surface area (Å²) in [6, 6.07) is 12.6. The summed E-state index contributed by atoms with van der Waals surface area (Å²) in [5.74, 6) is 1.88. The Balaban J connectivity index is 1.38. The molecule has 0 spiro atoms. The Labute approximate surface area is 165 Å². The second kappa shape index (κ2) is 7.89. The number of rotatable bonds is 5. The zero-order valence-corrected chi connectivity index (χ0v) is 16.6. The van der Waals surface area contributed by atoms with Crippen molar-refractivity contribution in [2.24, 2.45) is 0 Å². The van der Waals surface area contributed by atoms with Crippen molar-refractivity contribution in [1.29, 1.82) is 0 Å². The van der Waals surface area contributed by atoms with Gasteiger partial charge in [-0.05, 0) is 49.2 Å².